The summed E-state index contributed by atoms with van der Waals surface area (Å²) in [7, 11) is 0. The molecule has 0 aromatic carbocycles. The van der Waals surface area contributed by atoms with E-state index in [9.17, 15) is 4.79 Å². The number of rotatable bonds is 0. The minimum Gasteiger partial charge on any atom is -0.293 e. The predicted molar refractivity (Wildman–Crippen MR) is 54.7 cm³/mol. The van der Waals surface area contributed by atoms with Gasteiger partial charge in [0.2, 0.25) is 0 Å². The summed E-state index contributed by atoms with van der Waals surface area (Å²) in [4.78, 5) is 16.0. The molecule has 0 amide bonds. The highest BCUT2D eigenvalue weighted by Crippen LogP contribution is 2.11. The molecule has 0 saturated carbocycles. The molecule has 0 bridgehead atoms. The van der Waals surface area contributed by atoms with Crippen LogP contribution >= 0.6 is 0 Å². The highest BCUT2D eigenvalue weighted by molar-refractivity contribution is 5.57. The van der Waals surface area contributed by atoms with E-state index >= 15 is 0 Å². The number of aromatic amines is 1. The molecule has 5 nitrogen and oxygen atoms in total. The number of hydrogen-bond acceptors (Lipinski definition) is 3. The fourth-order valence-electron chi connectivity index (χ4n) is 1.51. The van der Waals surface area contributed by atoms with Crippen molar-refractivity contribution in [1.82, 2.24) is 14.6 Å². The first-order valence-electron chi connectivity index (χ1n) is 4.55. The van der Waals surface area contributed by atoms with Gasteiger partial charge in [0.05, 0.1) is 5.69 Å². The van der Waals surface area contributed by atoms with Crippen molar-refractivity contribution < 1.29 is 0 Å². The molecule has 5 heteroatoms. The molecule has 0 fully saturated rings. The van der Waals surface area contributed by atoms with Crippen LogP contribution in [0.1, 0.15) is 22.5 Å². The molecule has 2 aromatic rings. The molecule has 0 atom stereocenters. The summed E-state index contributed by atoms with van der Waals surface area (Å²) in [5.41, 5.74) is 2.60. The summed E-state index contributed by atoms with van der Waals surface area (Å²) < 4.78 is 1.32. The number of aromatic nitrogens is 3. The van der Waals surface area contributed by atoms with Crippen molar-refractivity contribution in [2.75, 3.05) is 0 Å². The fourth-order valence-corrected chi connectivity index (χ4v) is 1.51. The minimum absolute atomic E-state index is 0.151. The van der Waals surface area contributed by atoms with E-state index in [0.717, 1.165) is 0 Å². The average molecular weight is 202 g/mol. The Morgan fingerprint density at radius 1 is 1.40 bits per heavy atom. The first-order valence-corrected chi connectivity index (χ1v) is 4.55. The van der Waals surface area contributed by atoms with Crippen LogP contribution in [-0.4, -0.2) is 14.6 Å². The monoisotopic (exact) mass is 202 g/mol. The lowest BCUT2D eigenvalue weighted by molar-refractivity contribution is 0.859. The van der Waals surface area contributed by atoms with E-state index in [1.807, 2.05) is 6.07 Å². The van der Waals surface area contributed by atoms with Crippen LogP contribution in [0.25, 0.3) is 5.65 Å². The molecule has 2 rings (SSSR count). The third-order valence-electron chi connectivity index (χ3n) is 2.54. The molecule has 15 heavy (non-hydrogen) atoms. The highest BCUT2D eigenvalue weighted by Gasteiger charge is 2.13. The SMILES string of the molecule is Cc1nc2c(C#N)c(C)[nH]n2c(=O)c1C. The Morgan fingerprint density at radius 3 is 2.67 bits per heavy atom. The van der Waals surface area contributed by atoms with E-state index in [1.54, 1.807) is 20.8 Å². The molecule has 0 aliphatic carbocycles. The maximum atomic E-state index is 11.8. The molecule has 76 valence electrons. The van der Waals surface area contributed by atoms with Gasteiger partial charge in [-0.25, -0.2) is 4.98 Å². The lowest BCUT2D eigenvalue weighted by Crippen LogP contribution is -2.19. The molecule has 0 aliphatic heterocycles. The van der Waals surface area contributed by atoms with Gasteiger partial charge in [-0.1, -0.05) is 0 Å². The van der Waals surface area contributed by atoms with Crippen LogP contribution in [0.4, 0.5) is 0 Å². The van der Waals surface area contributed by atoms with Gasteiger partial charge >= 0.3 is 0 Å². The zero-order valence-corrected chi connectivity index (χ0v) is 8.75. The van der Waals surface area contributed by atoms with Crippen LogP contribution in [0, 0.1) is 32.1 Å². The smallest absolute Gasteiger partial charge is 0.275 e. The summed E-state index contributed by atoms with van der Waals surface area (Å²) in [5.74, 6) is 0. The standard InChI is InChI=1S/C10H10N4O/c1-5-6(2)12-9-8(4-11)7(3)13-14(9)10(5)15/h13H,1-3H3. The van der Waals surface area contributed by atoms with Gasteiger partial charge < -0.3 is 0 Å². The number of fused-ring (bicyclic) bond motifs is 1. The van der Waals surface area contributed by atoms with Gasteiger partial charge in [0.25, 0.3) is 5.56 Å². The highest BCUT2D eigenvalue weighted by atomic mass is 16.1. The van der Waals surface area contributed by atoms with Crippen molar-refractivity contribution in [3.8, 4) is 6.07 Å². The van der Waals surface area contributed by atoms with Gasteiger partial charge in [0.1, 0.15) is 11.6 Å². The lowest BCUT2D eigenvalue weighted by Gasteiger charge is -1.98. The first-order chi connectivity index (χ1) is 7.06. The largest absolute Gasteiger partial charge is 0.293 e. The zero-order chi connectivity index (χ0) is 11.2. The Balaban J connectivity index is 3.07. The third kappa shape index (κ3) is 1.15. The summed E-state index contributed by atoms with van der Waals surface area (Å²) in [6.07, 6.45) is 0. The van der Waals surface area contributed by atoms with Gasteiger partial charge in [-0.05, 0) is 20.8 Å². The van der Waals surface area contributed by atoms with Gasteiger partial charge in [0, 0.05) is 11.3 Å². The lowest BCUT2D eigenvalue weighted by atomic mass is 10.2. The Morgan fingerprint density at radius 2 is 2.07 bits per heavy atom. The van der Waals surface area contributed by atoms with Crippen molar-refractivity contribution in [3.63, 3.8) is 0 Å². The van der Waals surface area contributed by atoms with Crippen LogP contribution in [0.3, 0.4) is 0 Å². The number of nitrogens with zero attached hydrogens (tertiary/aromatic N) is 3. The summed E-state index contributed by atoms with van der Waals surface area (Å²) in [6.45, 7) is 5.23. The number of aryl methyl sites for hydroxylation is 2. The Kier molecular flexibility index (Phi) is 1.86. The second kappa shape index (κ2) is 2.95. The van der Waals surface area contributed by atoms with Gasteiger partial charge in [-0.15, -0.1) is 0 Å². The molecule has 2 heterocycles. The summed E-state index contributed by atoms with van der Waals surface area (Å²) in [5, 5.41) is 11.8. The molecule has 0 unspecified atom stereocenters. The van der Waals surface area contributed by atoms with Gasteiger partial charge in [-0.2, -0.15) is 9.78 Å². The van der Waals surface area contributed by atoms with Crippen molar-refractivity contribution in [2.24, 2.45) is 0 Å². The van der Waals surface area contributed by atoms with Gasteiger partial charge in [0.15, 0.2) is 5.65 Å². The molecule has 0 spiro atoms. The molecule has 1 N–H and O–H groups in total. The van der Waals surface area contributed by atoms with Crippen LogP contribution in [0.15, 0.2) is 4.79 Å². The summed E-state index contributed by atoms with van der Waals surface area (Å²) >= 11 is 0. The van der Waals surface area contributed by atoms with E-state index in [0.29, 0.717) is 28.2 Å². The summed E-state index contributed by atoms with van der Waals surface area (Å²) in [6, 6.07) is 2.04. The maximum Gasteiger partial charge on any atom is 0.275 e. The van der Waals surface area contributed by atoms with Crippen LogP contribution in [0.5, 0.6) is 0 Å². The van der Waals surface area contributed by atoms with E-state index in [4.69, 9.17) is 5.26 Å². The Hall–Kier alpha value is -2.09. The van der Waals surface area contributed by atoms with Crippen molar-refractivity contribution in [3.05, 3.63) is 32.9 Å². The average Bonchev–Trinajstić information content (AvgIpc) is 2.51. The second-order valence-electron chi connectivity index (χ2n) is 3.51. The van der Waals surface area contributed by atoms with E-state index in [2.05, 4.69) is 10.1 Å². The number of H-pyrrole nitrogens is 1. The van der Waals surface area contributed by atoms with Crippen molar-refractivity contribution in [2.45, 2.75) is 20.8 Å². The van der Waals surface area contributed by atoms with Gasteiger partial charge in [-0.3, -0.25) is 9.89 Å². The molecule has 0 saturated heterocycles. The first kappa shape index (κ1) is 9.46. The number of nitriles is 1. The molecular formula is C10H10N4O. The van der Waals surface area contributed by atoms with Crippen LogP contribution in [0.2, 0.25) is 0 Å². The van der Waals surface area contributed by atoms with E-state index in [-0.39, 0.29) is 5.56 Å². The molecular weight excluding hydrogens is 192 g/mol. The number of nitrogens with one attached hydrogen (secondary N) is 1. The normalized spacial score (nSPS) is 10.5. The van der Waals surface area contributed by atoms with E-state index in [1.165, 1.54) is 4.52 Å². The molecule has 0 aliphatic rings. The van der Waals surface area contributed by atoms with Crippen LogP contribution in [-0.2, 0) is 0 Å². The van der Waals surface area contributed by atoms with Crippen LogP contribution < -0.4 is 5.56 Å². The van der Waals surface area contributed by atoms with Crippen molar-refractivity contribution >= 4 is 5.65 Å². The predicted octanol–water partition coefficient (Wildman–Crippen LogP) is 0.820. The fraction of sp³-hybridized carbons (Fsp3) is 0.300. The maximum absolute atomic E-state index is 11.8. The second-order valence-corrected chi connectivity index (χ2v) is 3.51. The zero-order valence-electron chi connectivity index (χ0n) is 8.75. The number of hydrogen-bond donors (Lipinski definition) is 1. The molecule has 0 radical (unpaired) electrons. The Bertz CT molecular complexity index is 642. The Labute approximate surface area is 86.0 Å². The van der Waals surface area contributed by atoms with E-state index < -0.39 is 0 Å². The van der Waals surface area contributed by atoms with Crippen molar-refractivity contribution in [1.29, 1.82) is 5.26 Å². The molecule has 2 aromatic heterocycles. The minimum atomic E-state index is -0.151. The topological polar surface area (TPSA) is 73.9 Å². The third-order valence-corrected chi connectivity index (χ3v) is 2.54. The quantitative estimate of drug-likeness (QED) is 0.687.